The molecule has 2 aliphatic rings. The predicted molar refractivity (Wildman–Crippen MR) is 230 cm³/mol. The molecule has 5 aromatic carbocycles. The fraction of sp³-hybridized carbons (Fsp3) is 0.0417. The van der Waals surface area contributed by atoms with Crippen LogP contribution in [0, 0.1) is 0 Å². The Hall–Kier alpha value is -6.92. The van der Waals surface area contributed by atoms with Crippen LogP contribution in [0.4, 0.5) is 0 Å². The standard InChI is InChI=1S/C48H26O8S3/c49-40-29-15-7-8-16-30(29)41(50)34(40)20-27-19-33-37(47(53)55-23-25-11-3-1-4-12-25)46-38(39(44(33)57-27)48(54)56-24-26-13-5-2-6-14-26)45-36(59-46)22-28(58-45)21-35-42(51)31-17-9-10-18-32(31)43(35)52/h1-22H,23-24H2. The van der Waals surface area contributed by atoms with Gasteiger partial charge in [-0.2, -0.15) is 0 Å². The molecule has 0 bridgehead atoms. The Labute approximate surface area is 347 Å². The quantitative estimate of drug-likeness (QED) is 0.0843. The molecule has 0 aliphatic heterocycles. The van der Waals surface area contributed by atoms with E-state index in [4.69, 9.17) is 9.47 Å². The van der Waals surface area contributed by atoms with E-state index in [9.17, 15) is 28.8 Å². The summed E-state index contributed by atoms with van der Waals surface area (Å²) >= 11 is 3.73. The lowest BCUT2D eigenvalue weighted by Gasteiger charge is -2.12. The van der Waals surface area contributed by atoms with E-state index < -0.39 is 23.5 Å². The smallest absolute Gasteiger partial charge is 0.340 e. The van der Waals surface area contributed by atoms with Gasteiger partial charge in [0.2, 0.25) is 0 Å². The van der Waals surface area contributed by atoms with Crippen molar-refractivity contribution in [1.82, 2.24) is 0 Å². The zero-order chi connectivity index (χ0) is 40.4. The zero-order valence-corrected chi connectivity index (χ0v) is 33.1. The largest absolute Gasteiger partial charge is 0.457 e. The molecule has 0 fully saturated rings. The van der Waals surface area contributed by atoms with E-state index in [-0.39, 0.29) is 47.1 Å². The Morgan fingerprint density at radius 3 is 1.39 bits per heavy atom. The van der Waals surface area contributed by atoms with E-state index in [0.717, 1.165) is 27.2 Å². The van der Waals surface area contributed by atoms with Crippen LogP contribution in [0.1, 0.15) is 83.0 Å². The molecule has 0 spiro atoms. The van der Waals surface area contributed by atoms with Gasteiger partial charge in [0.05, 0.1) is 36.4 Å². The molecule has 11 heteroatoms. The minimum atomic E-state index is -0.640. The molecule has 0 radical (unpaired) electrons. The van der Waals surface area contributed by atoms with Crippen LogP contribution in [0.15, 0.2) is 132 Å². The molecule has 10 rings (SSSR count). The lowest BCUT2D eigenvalue weighted by atomic mass is 10.0. The molecule has 0 unspecified atom stereocenters. The monoisotopic (exact) mass is 826 g/mol. The summed E-state index contributed by atoms with van der Waals surface area (Å²) in [6.45, 7) is -0.0271. The Morgan fingerprint density at radius 2 is 0.898 bits per heavy atom. The van der Waals surface area contributed by atoms with Crippen LogP contribution in [-0.4, -0.2) is 35.1 Å². The Balaban J connectivity index is 1.17. The Bertz CT molecular complexity index is 3140. The van der Waals surface area contributed by atoms with Crippen molar-refractivity contribution in [2.24, 2.45) is 0 Å². The summed E-state index contributed by atoms with van der Waals surface area (Å²) < 4.78 is 14.2. The van der Waals surface area contributed by atoms with Gasteiger partial charge in [0, 0.05) is 47.5 Å². The van der Waals surface area contributed by atoms with Crippen molar-refractivity contribution < 1.29 is 38.2 Å². The van der Waals surface area contributed by atoms with Gasteiger partial charge >= 0.3 is 11.9 Å². The minimum Gasteiger partial charge on any atom is -0.457 e. The van der Waals surface area contributed by atoms with Gasteiger partial charge in [0.15, 0.2) is 23.1 Å². The first-order chi connectivity index (χ1) is 28.7. The summed E-state index contributed by atoms with van der Waals surface area (Å²) in [6, 6.07) is 35.4. The molecular formula is C48H26O8S3. The number of thiophene rings is 3. The SMILES string of the molecule is O=C1C(=Cc2cc3c(C(=O)OCc4ccccc4)c4sc5cc(C=C6C(=O)c7ccccc7C6=O)sc5c4c(C(=O)OCc4ccccc4)c3s2)C(=O)c2ccccc21. The molecule has 8 nitrogen and oxygen atoms in total. The van der Waals surface area contributed by atoms with Crippen LogP contribution in [-0.2, 0) is 22.7 Å². The first-order valence-corrected chi connectivity index (χ1v) is 20.9. The minimum absolute atomic E-state index is 0.00621. The highest BCUT2D eigenvalue weighted by Gasteiger charge is 2.35. The summed E-state index contributed by atoms with van der Waals surface area (Å²) in [5.41, 5.74) is 3.36. The van der Waals surface area contributed by atoms with Gasteiger partial charge in [-0.15, -0.1) is 34.0 Å². The number of rotatable bonds is 8. The number of Topliss-reactive ketones (excluding diaryl/α,β-unsaturated/α-hetero) is 4. The fourth-order valence-electron chi connectivity index (χ4n) is 7.55. The molecule has 0 N–H and O–H groups in total. The van der Waals surface area contributed by atoms with E-state index in [0.29, 0.717) is 56.9 Å². The number of ketones is 4. The molecule has 284 valence electrons. The third-order valence-corrected chi connectivity index (χ3v) is 13.8. The Kier molecular flexibility index (Phi) is 8.94. The number of ether oxygens (including phenoxy) is 2. The van der Waals surface area contributed by atoms with Gasteiger partial charge in [0.25, 0.3) is 0 Å². The average Bonchev–Trinajstić information content (AvgIpc) is 4.05. The van der Waals surface area contributed by atoms with Crippen LogP contribution < -0.4 is 0 Å². The van der Waals surface area contributed by atoms with Crippen molar-refractivity contribution >= 4 is 111 Å². The molecule has 0 saturated carbocycles. The van der Waals surface area contributed by atoms with Crippen LogP contribution in [0.3, 0.4) is 0 Å². The van der Waals surface area contributed by atoms with Gasteiger partial charge in [0.1, 0.15) is 13.2 Å². The summed E-state index contributed by atoms with van der Waals surface area (Å²) in [5, 5.41) is 0.872. The summed E-state index contributed by atoms with van der Waals surface area (Å²) in [6.07, 6.45) is 3.10. The molecule has 0 atom stereocenters. The number of carbonyl (C=O) groups is 6. The third kappa shape index (κ3) is 6.18. The normalized spacial score (nSPS) is 13.4. The second-order valence-electron chi connectivity index (χ2n) is 13.9. The van der Waals surface area contributed by atoms with E-state index in [2.05, 4.69) is 0 Å². The molecule has 3 heterocycles. The van der Waals surface area contributed by atoms with E-state index in [1.165, 1.54) is 28.7 Å². The van der Waals surface area contributed by atoms with E-state index in [1.807, 2.05) is 66.7 Å². The molecular weight excluding hydrogens is 801 g/mol. The number of fused-ring (bicyclic) bond motifs is 6. The van der Waals surface area contributed by atoms with Gasteiger partial charge in [-0.05, 0) is 35.4 Å². The van der Waals surface area contributed by atoms with E-state index in [1.54, 1.807) is 60.7 Å². The predicted octanol–water partition coefficient (Wildman–Crippen LogP) is 11.0. The Morgan fingerprint density at radius 1 is 0.475 bits per heavy atom. The van der Waals surface area contributed by atoms with Gasteiger partial charge < -0.3 is 9.47 Å². The maximum atomic E-state index is 14.5. The molecule has 59 heavy (non-hydrogen) atoms. The number of allylic oxidation sites excluding steroid dienone is 2. The highest BCUT2D eigenvalue weighted by Crippen LogP contribution is 2.49. The highest BCUT2D eigenvalue weighted by molar-refractivity contribution is 7.33. The summed E-state index contributed by atoms with van der Waals surface area (Å²) in [4.78, 5) is 83.6. The fourth-order valence-corrected chi connectivity index (χ4v) is 11.3. The molecule has 0 amide bonds. The van der Waals surface area contributed by atoms with Crippen molar-refractivity contribution in [3.8, 4) is 0 Å². The van der Waals surface area contributed by atoms with Gasteiger partial charge in [-0.1, -0.05) is 109 Å². The van der Waals surface area contributed by atoms with Gasteiger partial charge in [-0.3, -0.25) is 19.2 Å². The summed E-state index contributed by atoms with van der Waals surface area (Å²) in [5.74, 6) is -2.78. The molecule has 3 aromatic heterocycles. The summed E-state index contributed by atoms with van der Waals surface area (Å²) in [7, 11) is 0. The first-order valence-electron chi connectivity index (χ1n) is 18.4. The van der Waals surface area contributed by atoms with Crippen molar-refractivity contribution in [1.29, 1.82) is 0 Å². The van der Waals surface area contributed by atoms with Crippen molar-refractivity contribution in [2.75, 3.05) is 0 Å². The number of carbonyl (C=O) groups excluding carboxylic acids is 6. The zero-order valence-electron chi connectivity index (χ0n) is 30.6. The van der Waals surface area contributed by atoms with Crippen molar-refractivity contribution in [3.63, 3.8) is 0 Å². The molecule has 0 saturated heterocycles. The second-order valence-corrected chi connectivity index (χ2v) is 17.2. The van der Waals surface area contributed by atoms with Gasteiger partial charge in [-0.25, -0.2) is 9.59 Å². The number of hydrogen-bond acceptors (Lipinski definition) is 11. The lowest BCUT2D eigenvalue weighted by Crippen LogP contribution is -2.10. The maximum Gasteiger partial charge on any atom is 0.340 e. The number of esters is 2. The maximum absolute atomic E-state index is 14.5. The topological polar surface area (TPSA) is 121 Å². The molecule has 8 aromatic rings. The van der Waals surface area contributed by atoms with Crippen LogP contribution in [0.5, 0.6) is 0 Å². The average molecular weight is 827 g/mol. The lowest BCUT2D eigenvalue weighted by molar-refractivity contribution is 0.0466. The highest BCUT2D eigenvalue weighted by atomic mass is 32.1. The number of hydrogen-bond donors (Lipinski definition) is 0. The third-order valence-electron chi connectivity index (χ3n) is 10.3. The van der Waals surface area contributed by atoms with Crippen molar-refractivity contribution in [3.05, 3.63) is 187 Å². The van der Waals surface area contributed by atoms with Crippen LogP contribution in [0.2, 0.25) is 0 Å². The molecule has 2 aliphatic carbocycles. The number of benzene rings is 5. The van der Waals surface area contributed by atoms with Crippen molar-refractivity contribution in [2.45, 2.75) is 13.2 Å². The van der Waals surface area contributed by atoms with Crippen LogP contribution >= 0.6 is 34.0 Å². The van der Waals surface area contributed by atoms with E-state index >= 15 is 0 Å². The first kappa shape index (κ1) is 36.4. The second kappa shape index (κ2) is 14.5. The van der Waals surface area contributed by atoms with Crippen LogP contribution in [0.25, 0.3) is 41.7 Å².